The van der Waals surface area contributed by atoms with Gasteiger partial charge in [0.1, 0.15) is 0 Å². The van der Waals surface area contributed by atoms with E-state index < -0.39 is 12.1 Å². The van der Waals surface area contributed by atoms with Crippen molar-refractivity contribution >= 4 is 5.91 Å². The van der Waals surface area contributed by atoms with Crippen molar-refractivity contribution < 1.29 is 15.0 Å². The molecule has 2 unspecified atom stereocenters. The molecule has 0 radical (unpaired) electrons. The number of hydrogen-bond acceptors (Lipinski definition) is 3. The van der Waals surface area contributed by atoms with E-state index in [1.165, 1.54) is 340 Å². The van der Waals surface area contributed by atoms with Crippen LogP contribution in [0.15, 0.2) is 48.6 Å². The Kier molecular flexibility index (Phi) is 68.1. The predicted molar refractivity (Wildman–Crippen MR) is 350 cm³/mol. The number of carbonyl (C=O) groups excluding carboxylic acids is 1. The predicted octanol–water partition coefficient (Wildman–Crippen LogP) is 24.5. The van der Waals surface area contributed by atoms with Crippen molar-refractivity contribution in [1.82, 2.24) is 5.32 Å². The number of hydrogen-bond donors (Lipinski definition) is 3. The third-order valence-electron chi connectivity index (χ3n) is 16.8. The number of amides is 1. The molecule has 0 aromatic rings. The normalized spacial score (nSPS) is 12.9. The minimum absolute atomic E-state index is 0.0657. The van der Waals surface area contributed by atoms with Crippen LogP contribution in [0.5, 0.6) is 0 Å². The molecule has 4 heteroatoms. The van der Waals surface area contributed by atoms with Gasteiger partial charge < -0.3 is 15.5 Å². The average Bonchev–Trinajstić information content (AvgIpc) is 3.44. The molecule has 0 fully saturated rings. The van der Waals surface area contributed by atoms with E-state index in [9.17, 15) is 15.0 Å². The SMILES string of the molecule is CCCCCCC/C=C\C/C=C\CCCCCCCCCCCCCCCCCCCCCCCCCCCC(=O)NC(CO)C(O)/C=C/CC/C=C/CCCCCCCCCCCCCCCCCCCCCCCCC. The summed E-state index contributed by atoms with van der Waals surface area (Å²) < 4.78 is 0. The van der Waals surface area contributed by atoms with Crippen LogP contribution in [-0.2, 0) is 4.79 Å². The topological polar surface area (TPSA) is 69.6 Å². The van der Waals surface area contributed by atoms with Gasteiger partial charge in [-0.25, -0.2) is 0 Å². The van der Waals surface area contributed by atoms with Gasteiger partial charge in [-0.05, 0) is 64.2 Å². The van der Waals surface area contributed by atoms with E-state index >= 15 is 0 Å². The second-order valence-electron chi connectivity index (χ2n) is 24.6. The van der Waals surface area contributed by atoms with Crippen molar-refractivity contribution in [2.24, 2.45) is 0 Å². The number of aliphatic hydroxyl groups excluding tert-OH is 2. The van der Waals surface area contributed by atoms with Gasteiger partial charge in [0.2, 0.25) is 5.91 Å². The maximum atomic E-state index is 12.5. The Labute approximate surface area is 490 Å². The van der Waals surface area contributed by atoms with Crippen molar-refractivity contribution in [3.8, 4) is 0 Å². The van der Waals surface area contributed by atoms with Gasteiger partial charge in [0.05, 0.1) is 18.8 Å². The molecule has 78 heavy (non-hydrogen) atoms. The van der Waals surface area contributed by atoms with Crippen LogP contribution in [0.2, 0.25) is 0 Å². The van der Waals surface area contributed by atoms with Crippen molar-refractivity contribution in [2.75, 3.05) is 6.61 Å². The molecule has 4 nitrogen and oxygen atoms in total. The molecule has 0 aliphatic carbocycles. The lowest BCUT2D eigenvalue weighted by Crippen LogP contribution is -2.45. The van der Waals surface area contributed by atoms with E-state index in [2.05, 4.69) is 55.6 Å². The zero-order valence-corrected chi connectivity index (χ0v) is 53.2. The first kappa shape index (κ1) is 76.3. The molecule has 0 aromatic heterocycles. The zero-order chi connectivity index (χ0) is 56.2. The van der Waals surface area contributed by atoms with Crippen LogP contribution >= 0.6 is 0 Å². The highest BCUT2D eigenvalue weighted by molar-refractivity contribution is 5.76. The second-order valence-corrected chi connectivity index (χ2v) is 24.6. The van der Waals surface area contributed by atoms with Gasteiger partial charge in [-0.2, -0.15) is 0 Å². The molecule has 0 rings (SSSR count). The van der Waals surface area contributed by atoms with Gasteiger partial charge in [0.15, 0.2) is 0 Å². The van der Waals surface area contributed by atoms with E-state index in [4.69, 9.17) is 0 Å². The Balaban J connectivity index is 3.43. The van der Waals surface area contributed by atoms with Crippen molar-refractivity contribution in [1.29, 1.82) is 0 Å². The summed E-state index contributed by atoms with van der Waals surface area (Å²) in [5.41, 5.74) is 0. The lowest BCUT2D eigenvalue weighted by molar-refractivity contribution is -0.123. The lowest BCUT2D eigenvalue weighted by Gasteiger charge is -2.19. The first-order valence-electron chi connectivity index (χ1n) is 35.9. The van der Waals surface area contributed by atoms with E-state index in [1.54, 1.807) is 6.08 Å². The molecule has 3 N–H and O–H groups in total. The summed E-state index contributed by atoms with van der Waals surface area (Å²) in [6, 6.07) is -0.640. The van der Waals surface area contributed by atoms with Gasteiger partial charge in [0.25, 0.3) is 0 Å². The Morgan fingerprint density at radius 2 is 0.538 bits per heavy atom. The number of unbranched alkanes of at least 4 members (excludes halogenated alkanes) is 54. The lowest BCUT2D eigenvalue weighted by atomic mass is 10.0. The van der Waals surface area contributed by atoms with E-state index in [0.29, 0.717) is 6.42 Å². The minimum Gasteiger partial charge on any atom is -0.394 e. The summed E-state index contributed by atoms with van der Waals surface area (Å²) in [6.45, 7) is 4.33. The number of allylic oxidation sites excluding steroid dienone is 7. The van der Waals surface area contributed by atoms with Gasteiger partial charge in [0, 0.05) is 6.42 Å². The quantitative estimate of drug-likeness (QED) is 0.0420. The van der Waals surface area contributed by atoms with Crippen LogP contribution in [0, 0.1) is 0 Å². The van der Waals surface area contributed by atoms with E-state index in [0.717, 1.165) is 38.5 Å². The standard InChI is InChI=1S/C74H141NO3/c1-3-5-7-9-11-13-15-17-19-21-23-25-27-29-31-33-34-35-36-37-38-39-40-42-44-46-48-50-52-54-56-58-60-62-64-66-68-70-74(78)75-72(71-76)73(77)69-67-65-63-61-59-57-55-53-51-49-47-45-43-41-32-30-28-26-24-22-20-18-16-14-12-10-8-6-4-2/h15,17,21,23,59,61,67,69,72-73,76-77H,3-14,16,18-20,22,24-58,60,62-66,68,70-71H2,1-2H3,(H,75,78)/b17-15-,23-21-,61-59+,69-67+. The fourth-order valence-electron chi connectivity index (χ4n) is 11.3. The molecule has 0 spiro atoms. The largest absolute Gasteiger partial charge is 0.394 e. The third-order valence-corrected chi connectivity index (χ3v) is 16.8. The Morgan fingerprint density at radius 3 is 0.821 bits per heavy atom. The molecule has 0 saturated heterocycles. The summed E-state index contributed by atoms with van der Waals surface area (Å²) in [4.78, 5) is 12.5. The highest BCUT2D eigenvalue weighted by atomic mass is 16.3. The summed E-state index contributed by atoms with van der Waals surface area (Å²) in [5.74, 6) is -0.0657. The van der Waals surface area contributed by atoms with Gasteiger partial charge in [-0.3, -0.25) is 4.79 Å². The van der Waals surface area contributed by atoms with Crippen LogP contribution in [0.25, 0.3) is 0 Å². The van der Waals surface area contributed by atoms with Crippen molar-refractivity contribution in [3.63, 3.8) is 0 Å². The Hall–Kier alpha value is -1.65. The molecule has 0 aliphatic heterocycles. The molecule has 0 heterocycles. The minimum atomic E-state index is -0.863. The average molecular weight is 1090 g/mol. The first-order chi connectivity index (χ1) is 38.7. The van der Waals surface area contributed by atoms with Crippen LogP contribution in [-0.4, -0.2) is 34.9 Å². The first-order valence-corrected chi connectivity index (χ1v) is 35.9. The summed E-state index contributed by atoms with van der Waals surface area (Å²) >= 11 is 0. The fraction of sp³-hybridized carbons (Fsp3) is 0.878. The number of rotatable bonds is 67. The molecular formula is C74H141NO3. The maximum Gasteiger partial charge on any atom is 0.220 e. The molecule has 0 aromatic carbocycles. The molecule has 0 aliphatic rings. The highest BCUT2D eigenvalue weighted by Crippen LogP contribution is 2.19. The van der Waals surface area contributed by atoms with E-state index in [-0.39, 0.29) is 12.5 Å². The summed E-state index contributed by atoms with van der Waals surface area (Å²) in [5, 5.41) is 23.3. The molecular weight excluding hydrogens is 951 g/mol. The number of aliphatic hydroxyl groups is 2. The van der Waals surface area contributed by atoms with Gasteiger partial charge in [-0.15, -0.1) is 0 Å². The highest BCUT2D eigenvalue weighted by Gasteiger charge is 2.18. The maximum absolute atomic E-state index is 12.5. The Bertz CT molecular complexity index is 1240. The number of nitrogens with one attached hydrogen (secondary N) is 1. The second kappa shape index (κ2) is 69.6. The summed E-state index contributed by atoms with van der Waals surface area (Å²) in [6.07, 6.45) is 97.9. The smallest absolute Gasteiger partial charge is 0.220 e. The Morgan fingerprint density at radius 1 is 0.308 bits per heavy atom. The monoisotopic (exact) mass is 1090 g/mol. The van der Waals surface area contributed by atoms with Crippen molar-refractivity contribution in [2.45, 2.75) is 411 Å². The third kappa shape index (κ3) is 65.2. The van der Waals surface area contributed by atoms with Crippen molar-refractivity contribution in [3.05, 3.63) is 48.6 Å². The van der Waals surface area contributed by atoms with Gasteiger partial charge in [-0.1, -0.05) is 377 Å². The van der Waals surface area contributed by atoms with Gasteiger partial charge >= 0.3 is 0 Å². The molecule has 0 saturated carbocycles. The van der Waals surface area contributed by atoms with E-state index in [1.807, 2.05) is 6.08 Å². The summed E-state index contributed by atoms with van der Waals surface area (Å²) in [7, 11) is 0. The number of carbonyl (C=O) groups is 1. The zero-order valence-electron chi connectivity index (χ0n) is 53.2. The van der Waals surface area contributed by atoms with Crippen LogP contribution < -0.4 is 5.32 Å². The van der Waals surface area contributed by atoms with Crippen LogP contribution in [0.4, 0.5) is 0 Å². The van der Waals surface area contributed by atoms with Crippen LogP contribution in [0.3, 0.4) is 0 Å². The van der Waals surface area contributed by atoms with Crippen LogP contribution in [0.1, 0.15) is 399 Å². The molecule has 1 amide bonds. The molecule has 0 bridgehead atoms. The molecule has 2 atom stereocenters. The molecule has 460 valence electrons. The fourth-order valence-corrected chi connectivity index (χ4v) is 11.3.